The predicted molar refractivity (Wildman–Crippen MR) is 51.6 cm³/mol. The zero-order valence-electron chi connectivity index (χ0n) is 6.79. The first-order valence-electron chi connectivity index (χ1n) is 3.70. The highest BCUT2D eigenvalue weighted by Crippen LogP contribution is 2.19. The number of nitrogens with two attached hydrogens (primary N) is 1. The first kappa shape index (κ1) is 10.0. The number of carboxylic acid groups (broad SMARTS) is 1. The molecule has 2 atom stereocenters. The summed E-state index contributed by atoms with van der Waals surface area (Å²) >= 11 is 4.09. The van der Waals surface area contributed by atoms with Gasteiger partial charge in [0.1, 0.15) is 6.04 Å². The van der Waals surface area contributed by atoms with Gasteiger partial charge in [-0.2, -0.15) is 12.6 Å². The van der Waals surface area contributed by atoms with Crippen molar-refractivity contribution in [3.8, 4) is 0 Å². The van der Waals surface area contributed by atoms with Crippen LogP contribution in [0.5, 0.6) is 0 Å². The van der Waals surface area contributed by atoms with Crippen molar-refractivity contribution in [2.75, 3.05) is 0 Å². The second kappa shape index (κ2) is 4.25. The molecule has 0 aliphatic heterocycles. The lowest BCUT2D eigenvalue weighted by molar-refractivity contribution is -0.138. The largest absolute Gasteiger partial charge is 0.480 e. The number of carbonyl (C=O) groups is 1. The number of rotatable bonds is 3. The molecule has 5 heteroatoms. The van der Waals surface area contributed by atoms with E-state index in [1.165, 1.54) is 0 Å². The van der Waals surface area contributed by atoms with Crippen LogP contribution in [-0.2, 0) is 4.79 Å². The number of thiol groups is 1. The molecular formula is C8H10N2O2S. The molecule has 1 heterocycles. The number of aromatic nitrogens is 1. The van der Waals surface area contributed by atoms with Gasteiger partial charge in [0.05, 0.1) is 10.9 Å². The van der Waals surface area contributed by atoms with Crippen LogP contribution in [-0.4, -0.2) is 22.1 Å². The summed E-state index contributed by atoms with van der Waals surface area (Å²) in [6, 6.07) is 4.18. The first-order valence-corrected chi connectivity index (χ1v) is 4.22. The smallest absolute Gasteiger partial charge is 0.322 e. The van der Waals surface area contributed by atoms with Crippen LogP contribution >= 0.6 is 12.6 Å². The molecule has 13 heavy (non-hydrogen) atoms. The molecule has 0 amide bonds. The van der Waals surface area contributed by atoms with Crippen LogP contribution in [0.3, 0.4) is 0 Å². The van der Waals surface area contributed by atoms with Crippen molar-refractivity contribution in [2.24, 2.45) is 5.73 Å². The van der Waals surface area contributed by atoms with Crippen LogP contribution in [0.15, 0.2) is 24.4 Å². The third kappa shape index (κ3) is 2.43. The fourth-order valence-electron chi connectivity index (χ4n) is 0.870. The van der Waals surface area contributed by atoms with E-state index < -0.39 is 17.3 Å². The molecule has 1 aromatic heterocycles. The summed E-state index contributed by atoms with van der Waals surface area (Å²) in [5.74, 6) is -1.08. The maximum atomic E-state index is 10.5. The number of carboxylic acids is 1. The molecule has 0 bridgehead atoms. The van der Waals surface area contributed by atoms with Gasteiger partial charge < -0.3 is 10.8 Å². The SMILES string of the molecule is NC(C(=O)O)C(S)c1ccccn1. The Morgan fingerprint density at radius 2 is 2.31 bits per heavy atom. The van der Waals surface area contributed by atoms with Gasteiger partial charge >= 0.3 is 5.97 Å². The van der Waals surface area contributed by atoms with E-state index in [9.17, 15) is 4.79 Å². The van der Waals surface area contributed by atoms with Crippen molar-refractivity contribution in [1.82, 2.24) is 4.98 Å². The lowest BCUT2D eigenvalue weighted by Crippen LogP contribution is -2.34. The average molecular weight is 198 g/mol. The molecular weight excluding hydrogens is 188 g/mol. The maximum Gasteiger partial charge on any atom is 0.322 e. The third-order valence-corrected chi connectivity index (χ3v) is 2.20. The lowest BCUT2D eigenvalue weighted by Gasteiger charge is -2.13. The van der Waals surface area contributed by atoms with Gasteiger partial charge in [-0.15, -0.1) is 0 Å². The molecule has 4 nitrogen and oxygen atoms in total. The van der Waals surface area contributed by atoms with Gasteiger partial charge in [-0.1, -0.05) is 6.07 Å². The van der Waals surface area contributed by atoms with E-state index in [2.05, 4.69) is 17.6 Å². The minimum atomic E-state index is -1.08. The molecule has 3 N–H and O–H groups in total. The van der Waals surface area contributed by atoms with Crippen molar-refractivity contribution >= 4 is 18.6 Å². The van der Waals surface area contributed by atoms with Crippen LogP contribution < -0.4 is 5.73 Å². The Kier molecular flexibility index (Phi) is 3.27. The topological polar surface area (TPSA) is 76.2 Å². The highest BCUT2D eigenvalue weighted by atomic mass is 32.1. The Labute approximate surface area is 81.2 Å². The van der Waals surface area contributed by atoms with Crippen LogP contribution in [0.2, 0.25) is 0 Å². The zero-order chi connectivity index (χ0) is 9.84. The second-order valence-corrected chi connectivity index (χ2v) is 3.12. The molecule has 0 radical (unpaired) electrons. The van der Waals surface area contributed by atoms with Crippen LogP contribution in [0.25, 0.3) is 0 Å². The molecule has 0 saturated carbocycles. The minimum Gasteiger partial charge on any atom is -0.480 e. The molecule has 0 spiro atoms. The van der Waals surface area contributed by atoms with Crippen LogP contribution in [0.1, 0.15) is 10.9 Å². The summed E-state index contributed by atoms with van der Waals surface area (Å²) in [6.07, 6.45) is 1.58. The monoisotopic (exact) mass is 198 g/mol. The summed E-state index contributed by atoms with van der Waals surface area (Å²) in [5.41, 5.74) is 5.95. The van der Waals surface area contributed by atoms with Crippen LogP contribution in [0.4, 0.5) is 0 Å². The Bertz CT molecular complexity index is 291. The molecule has 0 saturated heterocycles. The lowest BCUT2D eigenvalue weighted by atomic mass is 10.1. The van der Waals surface area contributed by atoms with Gasteiger partial charge in [0.25, 0.3) is 0 Å². The molecule has 0 aliphatic rings. The van der Waals surface area contributed by atoms with E-state index >= 15 is 0 Å². The Hall–Kier alpha value is -1.07. The zero-order valence-corrected chi connectivity index (χ0v) is 7.69. The minimum absolute atomic E-state index is 0.570. The first-order chi connectivity index (χ1) is 6.13. The van der Waals surface area contributed by atoms with Crippen molar-refractivity contribution in [1.29, 1.82) is 0 Å². The van der Waals surface area contributed by atoms with Crippen molar-refractivity contribution < 1.29 is 9.90 Å². The summed E-state index contributed by atoms with van der Waals surface area (Å²) in [4.78, 5) is 14.5. The molecule has 1 aromatic rings. The van der Waals surface area contributed by atoms with Gasteiger partial charge in [0.2, 0.25) is 0 Å². The van der Waals surface area contributed by atoms with Gasteiger partial charge in [0.15, 0.2) is 0 Å². The average Bonchev–Trinajstić information content (AvgIpc) is 2.17. The molecule has 0 fully saturated rings. The van der Waals surface area contributed by atoms with E-state index in [1.807, 2.05) is 0 Å². The quantitative estimate of drug-likeness (QED) is 0.617. The standard InChI is InChI=1S/C8H10N2O2S/c9-6(8(11)12)7(13)5-3-1-2-4-10-5/h1-4,6-7,13H,9H2,(H,11,12). The Morgan fingerprint density at radius 1 is 1.62 bits per heavy atom. The van der Waals surface area contributed by atoms with Gasteiger partial charge in [-0.3, -0.25) is 9.78 Å². The van der Waals surface area contributed by atoms with Crippen molar-refractivity contribution in [2.45, 2.75) is 11.3 Å². The Balaban J connectivity index is 2.79. The highest BCUT2D eigenvalue weighted by Gasteiger charge is 2.22. The van der Waals surface area contributed by atoms with E-state index in [1.54, 1.807) is 24.4 Å². The molecule has 1 rings (SSSR count). The summed E-state index contributed by atoms with van der Waals surface area (Å²) in [6.45, 7) is 0. The normalized spacial score (nSPS) is 14.9. The molecule has 2 unspecified atom stereocenters. The van der Waals surface area contributed by atoms with E-state index in [0.29, 0.717) is 5.69 Å². The third-order valence-electron chi connectivity index (χ3n) is 1.62. The number of hydrogen-bond donors (Lipinski definition) is 3. The number of aliphatic carboxylic acids is 1. The number of hydrogen-bond acceptors (Lipinski definition) is 4. The van der Waals surface area contributed by atoms with Crippen LogP contribution in [0, 0.1) is 0 Å². The maximum absolute atomic E-state index is 10.5. The molecule has 0 aromatic carbocycles. The Morgan fingerprint density at radius 3 is 2.77 bits per heavy atom. The number of nitrogens with zero attached hydrogens (tertiary/aromatic N) is 1. The number of pyridine rings is 1. The summed E-state index contributed by atoms with van der Waals surface area (Å²) in [5, 5.41) is 8.04. The second-order valence-electron chi connectivity index (χ2n) is 2.56. The molecule has 70 valence electrons. The van der Waals surface area contributed by atoms with Crippen molar-refractivity contribution in [3.05, 3.63) is 30.1 Å². The molecule has 0 aliphatic carbocycles. The fraction of sp³-hybridized carbons (Fsp3) is 0.250. The van der Waals surface area contributed by atoms with Gasteiger partial charge in [0, 0.05) is 6.20 Å². The van der Waals surface area contributed by atoms with Gasteiger partial charge in [-0.05, 0) is 12.1 Å². The van der Waals surface area contributed by atoms with Crippen molar-refractivity contribution in [3.63, 3.8) is 0 Å². The van der Waals surface area contributed by atoms with E-state index in [0.717, 1.165) is 0 Å². The van der Waals surface area contributed by atoms with Gasteiger partial charge in [-0.25, -0.2) is 0 Å². The fourth-order valence-corrected chi connectivity index (χ4v) is 1.15. The van der Waals surface area contributed by atoms with E-state index in [-0.39, 0.29) is 0 Å². The summed E-state index contributed by atoms with van der Waals surface area (Å²) in [7, 11) is 0. The van der Waals surface area contributed by atoms with E-state index in [4.69, 9.17) is 10.8 Å². The summed E-state index contributed by atoms with van der Waals surface area (Å²) < 4.78 is 0. The predicted octanol–water partition coefficient (Wildman–Crippen LogP) is 0.464. The highest BCUT2D eigenvalue weighted by molar-refractivity contribution is 7.80.